The van der Waals surface area contributed by atoms with Crippen molar-refractivity contribution in [1.82, 2.24) is 0 Å². The van der Waals surface area contributed by atoms with Crippen LogP contribution in [0.3, 0.4) is 0 Å². The summed E-state index contributed by atoms with van der Waals surface area (Å²) >= 11 is 0. The van der Waals surface area contributed by atoms with Crippen LogP contribution in [0.5, 0.6) is 0 Å². The molecule has 0 saturated carbocycles. The topological polar surface area (TPSA) is 35.5 Å². The minimum absolute atomic E-state index is 0.161. The molecule has 2 atom stereocenters. The zero-order valence-corrected chi connectivity index (χ0v) is 9.61. The summed E-state index contributed by atoms with van der Waals surface area (Å²) in [6.07, 6.45) is 1.69. The van der Waals surface area contributed by atoms with Gasteiger partial charge in [0.15, 0.2) is 0 Å². The van der Waals surface area contributed by atoms with E-state index in [9.17, 15) is 4.57 Å². The highest BCUT2D eigenvalue weighted by Gasteiger charge is 2.37. The van der Waals surface area contributed by atoms with E-state index < -0.39 is 7.60 Å². The van der Waals surface area contributed by atoms with Crippen molar-refractivity contribution in [3.63, 3.8) is 0 Å². The standard InChI is InChI=1S/C11H13O3P/c1-9-8-11(15(12,13-2)14-9)10-6-4-3-5-7-10/h3-9H,1-2H3/t9-,15-/m1/s1. The summed E-state index contributed by atoms with van der Waals surface area (Å²) in [6, 6.07) is 9.52. The van der Waals surface area contributed by atoms with Gasteiger partial charge in [0.05, 0.1) is 11.4 Å². The monoisotopic (exact) mass is 224 g/mol. The third kappa shape index (κ3) is 1.91. The predicted molar refractivity (Wildman–Crippen MR) is 59.6 cm³/mol. The van der Waals surface area contributed by atoms with Gasteiger partial charge in [-0.1, -0.05) is 30.3 Å². The van der Waals surface area contributed by atoms with Gasteiger partial charge in [0.25, 0.3) is 0 Å². The Morgan fingerprint density at radius 1 is 1.33 bits per heavy atom. The van der Waals surface area contributed by atoms with Crippen LogP contribution in [0.25, 0.3) is 5.31 Å². The molecule has 2 rings (SSSR count). The third-order valence-electron chi connectivity index (χ3n) is 2.30. The molecule has 0 radical (unpaired) electrons. The minimum Gasteiger partial charge on any atom is -0.309 e. The zero-order chi connectivity index (χ0) is 10.9. The molecule has 0 aromatic heterocycles. The summed E-state index contributed by atoms with van der Waals surface area (Å²) in [6.45, 7) is 1.85. The van der Waals surface area contributed by atoms with Crippen LogP contribution in [0.4, 0.5) is 0 Å². The van der Waals surface area contributed by atoms with Crippen molar-refractivity contribution >= 4 is 12.9 Å². The van der Waals surface area contributed by atoms with Crippen LogP contribution in [0.2, 0.25) is 0 Å². The lowest BCUT2D eigenvalue weighted by atomic mass is 10.2. The van der Waals surface area contributed by atoms with Gasteiger partial charge >= 0.3 is 7.60 Å². The summed E-state index contributed by atoms with van der Waals surface area (Å²) in [7, 11) is -1.67. The average molecular weight is 224 g/mol. The van der Waals surface area contributed by atoms with Gasteiger partial charge in [0.2, 0.25) is 0 Å². The van der Waals surface area contributed by atoms with Crippen LogP contribution in [0.15, 0.2) is 36.4 Å². The molecule has 1 aromatic carbocycles. The Balaban J connectivity index is 2.44. The van der Waals surface area contributed by atoms with E-state index in [1.807, 2.05) is 43.3 Å². The Morgan fingerprint density at radius 2 is 2.00 bits per heavy atom. The highest BCUT2D eigenvalue weighted by molar-refractivity contribution is 7.65. The molecular weight excluding hydrogens is 211 g/mol. The van der Waals surface area contributed by atoms with E-state index in [-0.39, 0.29) is 6.10 Å². The molecule has 0 saturated heterocycles. The molecule has 4 heteroatoms. The molecule has 0 spiro atoms. The van der Waals surface area contributed by atoms with Crippen LogP contribution in [-0.4, -0.2) is 13.2 Å². The Kier molecular flexibility index (Phi) is 2.79. The van der Waals surface area contributed by atoms with E-state index >= 15 is 0 Å². The number of hydrogen-bond donors (Lipinski definition) is 0. The highest BCUT2D eigenvalue weighted by atomic mass is 31.2. The van der Waals surface area contributed by atoms with Crippen molar-refractivity contribution in [1.29, 1.82) is 0 Å². The Bertz CT molecular complexity index is 425. The SMILES string of the molecule is CO[P@@]1(=O)O[C@H](C)C=C1c1ccccc1. The van der Waals surface area contributed by atoms with Crippen molar-refractivity contribution in [2.24, 2.45) is 0 Å². The van der Waals surface area contributed by atoms with Crippen LogP contribution >= 0.6 is 7.60 Å². The fraction of sp³-hybridized carbons (Fsp3) is 0.273. The van der Waals surface area contributed by atoms with E-state index in [0.29, 0.717) is 5.31 Å². The molecule has 1 aliphatic heterocycles. The number of hydrogen-bond acceptors (Lipinski definition) is 3. The largest absolute Gasteiger partial charge is 0.362 e. The van der Waals surface area contributed by atoms with Crippen molar-refractivity contribution in [3.8, 4) is 0 Å². The van der Waals surface area contributed by atoms with Gasteiger partial charge < -0.3 is 4.52 Å². The number of rotatable bonds is 2. The first kappa shape index (κ1) is 10.6. The smallest absolute Gasteiger partial charge is 0.309 e. The van der Waals surface area contributed by atoms with Crippen LogP contribution in [0, 0.1) is 0 Å². The molecule has 1 heterocycles. The second-order valence-corrected chi connectivity index (χ2v) is 5.46. The van der Waals surface area contributed by atoms with Gasteiger partial charge in [-0.3, -0.25) is 9.09 Å². The van der Waals surface area contributed by atoms with Gasteiger partial charge in [0.1, 0.15) is 0 Å². The Hall–Kier alpha value is -0.890. The first-order valence-electron chi connectivity index (χ1n) is 4.78. The third-order valence-corrected chi connectivity index (χ3v) is 4.39. The van der Waals surface area contributed by atoms with Crippen LogP contribution < -0.4 is 0 Å². The molecule has 1 aliphatic rings. The lowest BCUT2D eigenvalue weighted by molar-refractivity contribution is 0.224. The molecule has 15 heavy (non-hydrogen) atoms. The molecule has 80 valence electrons. The molecule has 0 unspecified atom stereocenters. The van der Waals surface area contributed by atoms with Crippen molar-refractivity contribution < 1.29 is 13.6 Å². The number of benzene rings is 1. The summed E-state index contributed by atoms with van der Waals surface area (Å²) in [4.78, 5) is 0. The lowest BCUT2D eigenvalue weighted by Crippen LogP contribution is -1.94. The molecular formula is C11H13O3P. The molecule has 0 bridgehead atoms. The van der Waals surface area contributed by atoms with Crippen LogP contribution in [0.1, 0.15) is 12.5 Å². The fourth-order valence-electron chi connectivity index (χ4n) is 1.62. The molecule has 0 N–H and O–H groups in total. The maximum absolute atomic E-state index is 12.2. The summed E-state index contributed by atoms with van der Waals surface area (Å²) in [5, 5.41) is 0.665. The lowest BCUT2D eigenvalue weighted by Gasteiger charge is -2.13. The fourth-order valence-corrected chi connectivity index (χ4v) is 3.38. The first-order valence-corrected chi connectivity index (χ1v) is 6.32. The second kappa shape index (κ2) is 3.93. The maximum atomic E-state index is 12.2. The molecule has 0 fully saturated rings. The molecule has 3 nitrogen and oxygen atoms in total. The average Bonchev–Trinajstić information content (AvgIpc) is 2.56. The Labute approximate surface area is 89.3 Å². The summed E-state index contributed by atoms with van der Waals surface area (Å²) < 4.78 is 22.5. The quantitative estimate of drug-likeness (QED) is 0.723. The van der Waals surface area contributed by atoms with E-state index in [2.05, 4.69) is 0 Å². The second-order valence-electron chi connectivity index (χ2n) is 3.41. The maximum Gasteiger partial charge on any atom is 0.362 e. The van der Waals surface area contributed by atoms with Crippen molar-refractivity contribution in [3.05, 3.63) is 42.0 Å². The normalized spacial score (nSPS) is 30.3. The van der Waals surface area contributed by atoms with Gasteiger partial charge in [-0.05, 0) is 18.6 Å². The predicted octanol–water partition coefficient (Wildman–Crippen LogP) is 3.29. The van der Waals surface area contributed by atoms with E-state index in [1.54, 1.807) is 0 Å². The van der Waals surface area contributed by atoms with E-state index in [0.717, 1.165) is 5.56 Å². The van der Waals surface area contributed by atoms with Gasteiger partial charge in [-0.25, -0.2) is 0 Å². The molecule has 0 amide bonds. The minimum atomic E-state index is -3.08. The van der Waals surface area contributed by atoms with E-state index in [1.165, 1.54) is 7.11 Å². The van der Waals surface area contributed by atoms with Crippen LogP contribution in [-0.2, 0) is 13.6 Å². The summed E-state index contributed by atoms with van der Waals surface area (Å²) in [5.41, 5.74) is 0.895. The van der Waals surface area contributed by atoms with Crippen molar-refractivity contribution in [2.75, 3.05) is 7.11 Å². The summed E-state index contributed by atoms with van der Waals surface area (Å²) in [5.74, 6) is 0. The van der Waals surface area contributed by atoms with Gasteiger partial charge in [-0.15, -0.1) is 0 Å². The Morgan fingerprint density at radius 3 is 2.60 bits per heavy atom. The van der Waals surface area contributed by atoms with Gasteiger partial charge in [-0.2, -0.15) is 0 Å². The van der Waals surface area contributed by atoms with E-state index in [4.69, 9.17) is 9.05 Å². The van der Waals surface area contributed by atoms with Crippen molar-refractivity contribution in [2.45, 2.75) is 13.0 Å². The van der Waals surface area contributed by atoms with Gasteiger partial charge in [0, 0.05) is 7.11 Å². The molecule has 1 aromatic rings. The first-order chi connectivity index (χ1) is 7.15. The zero-order valence-electron chi connectivity index (χ0n) is 8.71. The highest BCUT2D eigenvalue weighted by Crippen LogP contribution is 2.64. The molecule has 0 aliphatic carbocycles.